The monoisotopic (exact) mass is 331 g/mol. The number of rotatable bonds is 4. The van der Waals surface area contributed by atoms with Gasteiger partial charge >= 0.3 is 5.63 Å². The van der Waals surface area contributed by atoms with Crippen LogP contribution in [0.4, 0.5) is 4.39 Å². The van der Waals surface area contributed by atoms with Gasteiger partial charge in [0.25, 0.3) is 0 Å². The topological polar surface area (TPSA) is 70.8 Å². The van der Waals surface area contributed by atoms with Crippen LogP contribution in [0.3, 0.4) is 0 Å². The number of halogens is 1. The molecule has 0 saturated heterocycles. The van der Waals surface area contributed by atoms with Gasteiger partial charge in [0.15, 0.2) is 11.5 Å². The summed E-state index contributed by atoms with van der Waals surface area (Å²) in [7, 11) is 4.29. The summed E-state index contributed by atoms with van der Waals surface area (Å²) in [5, 5.41) is 0.143. The van der Waals surface area contributed by atoms with E-state index in [4.69, 9.17) is 18.6 Å². The maximum absolute atomic E-state index is 14.0. The predicted octanol–water partition coefficient (Wildman–Crippen LogP) is 3.02. The Morgan fingerprint density at radius 2 is 1.75 bits per heavy atom. The third kappa shape index (κ3) is 2.44. The zero-order valence-corrected chi connectivity index (χ0v) is 13.3. The van der Waals surface area contributed by atoms with Crippen LogP contribution in [-0.4, -0.2) is 26.3 Å². The summed E-state index contributed by atoms with van der Waals surface area (Å²) in [6.07, 6.45) is 0. The van der Waals surface area contributed by atoms with Crippen molar-refractivity contribution in [1.29, 1.82) is 0 Å². The molecule has 0 radical (unpaired) electrons. The van der Waals surface area contributed by atoms with E-state index in [1.807, 2.05) is 0 Å². The molecule has 124 valence electrons. The number of benzene rings is 2. The second-order valence-corrected chi connectivity index (χ2v) is 4.83. The quantitative estimate of drug-likeness (QED) is 0.732. The van der Waals surface area contributed by atoms with Crippen LogP contribution in [0.5, 0.6) is 17.2 Å². The van der Waals surface area contributed by atoms with Gasteiger partial charge in [0, 0.05) is 6.07 Å². The second-order valence-electron chi connectivity index (χ2n) is 4.83. The van der Waals surface area contributed by atoms with Gasteiger partial charge in [-0.05, 0) is 12.1 Å². The van der Waals surface area contributed by atoms with Crippen molar-refractivity contribution in [3.05, 3.63) is 46.6 Å². The number of fused-ring (bicyclic) bond motifs is 1. The van der Waals surface area contributed by atoms with Crippen LogP contribution < -0.4 is 19.8 Å². The Hall–Kier alpha value is -3.09. The van der Waals surface area contributed by atoms with Crippen molar-refractivity contribution >= 4 is 10.9 Å². The van der Waals surface area contributed by atoms with Gasteiger partial charge in [-0.2, -0.15) is 0 Å². The molecule has 0 N–H and O–H groups in total. The molecule has 0 saturated carbocycles. The second kappa shape index (κ2) is 6.19. The zero-order chi connectivity index (χ0) is 17.3. The highest BCUT2D eigenvalue weighted by Gasteiger charge is 2.21. The van der Waals surface area contributed by atoms with E-state index >= 15 is 0 Å². The molecular formula is C17H14FNO5. The molecule has 24 heavy (non-hydrogen) atoms. The molecule has 7 heteroatoms. The van der Waals surface area contributed by atoms with Crippen LogP contribution in [0.2, 0.25) is 0 Å². The van der Waals surface area contributed by atoms with Gasteiger partial charge in [-0.25, -0.2) is 14.2 Å². The molecule has 0 fully saturated rings. The number of hydrogen-bond acceptors (Lipinski definition) is 6. The first-order valence-electron chi connectivity index (χ1n) is 6.99. The lowest BCUT2D eigenvalue weighted by atomic mass is 10.1. The van der Waals surface area contributed by atoms with E-state index in [9.17, 15) is 9.18 Å². The van der Waals surface area contributed by atoms with Gasteiger partial charge < -0.3 is 18.6 Å². The number of ether oxygens (including phenoxy) is 3. The average molecular weight is 331 g/mol. The molecule has 1 aromatic heterocycles. The molecule has 2 aromatic carbocycles. The van der Waals surface area contributed by atoms with Crippen LogP contribution in [0.1, 0.15) is 0 Å². The van der Waals surface area contributed by atoms with Crippen molar-refractivity contribution in [3.63, 3.8) is 0 Å². The largest absolute Gasteiger partial charge is 0.493 e. The molecule has 0 aliphatic carbocycles. The van der Waals surface area contributed by atoms with E-state index < -0.39 is 11.4 Å². The lowest BCUT2D eigenvalue weighted by Gasteiger charge is -2.14. The highest BCUT2D eigenvalue weighted by Crippen LogP contribution is 2.42. The van der Waals surface area contributed by atoms with Crippen LogP contribution in [0.25, 0.3) is 22.4 Å². The Balaban J connectivity index is 2.39. The number of nitrogens with zero attached hydrogens (tertiary/aromatic N) is 1. The maximum Gasteiger partial charge on any atom is 0.347 e. The standard InChI is InChI=1S/C17H14FNO5/c1-21-12-8-10-13(15(23-3)14(12)22-2)19-16(24-17(10)20)9-6-4-5-7-11(9)18/h4-8H,1-3H3. The Bertz CT molecular complexity index is 967. The van der Waals surface area contributed by atoms with E-state index in [0.717, 1.165) is 0 Å². The molecule has 0 atom stereocenters. The minimum atomic E-state index is -0.683. The zero-order valence-electron chi connectivity index (χ0n) is 13.3. The first-order chi connectivity index (χ1) is 11.6. The van der Waals surface area contributed by atoms with Crippen molar-refractivity contribution in [2.24, 2.45) is 0 Å². The minimum Gasteiger partial charge on any atom is -0.493 e. The van der Waals surface area contributed by atoms with E-state index in [-0.39, 0.29) is 33.9 Å². The number of methoxy groups -OCH3 is 3. The van der Waals surface area contributed by atoms with Crippen molar-refractivity contribution in [2.75, 3.05) is 21.3 Å². The molecule has 6 nitrogen and oxygen atoms in total. The van der Waals surface area contributed by atoms with Crippen LogP contribution in [-0.2, 0) is 0 Å². The molecule has 1 heterocycles. The fourth-order valence-corrected chi connectivity index (χ4v) is 2.42. The van der Waals surface area contributed by atoms with Crippen molar-refractivity contribution in [2.45, 2.75) is 0 Å². The first-order valence-corrected chi connectivity index (χ1v) is 6.99. The highest BCUT2D eigenvalue weighted by atomic mass is 19.1. The van der Waals surface area contributed by atoms with Crippen LogP contribution >= 0.6 is 0 Å². The van der Waals surface area contributed by atoms with E-state index in [1.54, 1.807) is 6.07 Å². The van der Waals surface area contributed by atoms with E-state index in [0.29, 0.717) is 5.75 Å². The lowest BCUT2D eigenvalue weighted by Crippen LogP contribution is -2.06. The summed E-state index contributed by atoms with van der Waals surface area (Å²) < 4.78 is 35.0. The first kappa shape index (κ1) is 15.8. The molecule has 0 bridgehead atoms. The average Bonchev–Trinajstić information content (AvgIpc) is 2.60. The number of aromatic nitrogens is 1. The molecule has 0 spiro atoms. The van der Waals surface area contributed by atoms with Gasteiger partial charge in [0.05, 0.1) is 32.3 Å². The van der Waals surface area contributed by atoms with Crippen molar-refractivity contribution in [3.8, 4) is 28.7 Å². The molecule has 0 amide bonds. The van der Waals surface area contributed by atoms with Crippen LogP contribution in [0.15, 0.2) is 39.5 Å². The minimum absolute atomic E-state index is 0.0772. The molecular weight excluding hydrogens is 317 g/mol. The summed E-state index contributed by atoms with van der Waals surface area (Å²) >= 11 is 0. The fourth-order valence-electron chi connectivity index (χ4n) is 2.42. The Labute approximate surface area is 136 Å². The molecule has 0 unspecified atom stereocenters. The van der Waals surface area contributed by atoms with E-state index in [2.05, 4.69) is 4.98 Å². The molecule has 0 aliphatic rings. The smallest absolute Gasteiger partial charge is 0.347 e. The third-order valence-electron chi connectivity index (χ3n) is 3.53. The van der Waals surface area contributed by atoms with Gasteiger partial charge in [0.2, 0.25) is 11.6 Å². The van der Waals surface area contributed by atoms with Gasteiger partial charge in [0.1, 0.15) is 11.3 Å². The summed E-state index contributed by atoms with van der Waals surface area (Å²) in [5.74, 6) is 0.0973. The summed E-state index contributed by atoms with van der Waals surface area (Å²) in [6.45, 7) is 0. The summed E-state index contributed by atoms with van der Waals surface area (Å²) in [6, 6.07) is 7.33. The summed E-state index contributed by atoms with van der Waals surface area (Å²) in [4.78, 5) is 16.6. The predicted molar refractivity (Wildman–Crippen MR) is 85.3 cm³/mol. The molecule has 0 aliphatic heterocycles. The Kier molecular flexibility index (Phi) is 4.07. The Morgan fingerprint density at radius 1 is 1.04 bits per heavy atom. The van der Waals surface area contributed by atoms with Crippen molar-refractivity contribution < 1.29 is 23.0 Å². The lowest BCUT2D eigenvalue weighted by molar-refractivity contribution is 0.326. The number of hydrogen-bond donors (Lipinski definition) is 0. The van der Waals surface area contributed by atoms with Gasteiger partial charge in [-0.15, -0.1) is 0 Å². The molecule has 3 aromatic rings. The van der Waals surface area contributed by atoms with Gasteiger partial charge in [-0.3, -0.25) is 0 Å². The van der Waals surface area contributed by atoms with Crippen molar-refractivity contribution in [1.82, 2.24) is 4.98 Å². The normalized spacial score (nSPS) is 10.7. The fraction of sp³-hybridized carbons (Fsp3) is 0.176. The molecule has 3 rings (SSSR count). The van der Waals surface area contributed by atoms with E-state index in [1.165, 1.54) is 45.6 Å². The highest BCUT2D eigenvalue weighted by molar-refractivity contribution is 5.89. The van der Waals surface area contributed by atoms with Gasteiger partial charge in [-0.1, -0.05) is 12.1 Å². The maximum atomic E-state index is 14.0. The van der Waals surface area contributed by atoms with Crippen LogP contribution in [0, 0.1) is 5.82 Å². The Morgan fingerprint density at radius 3 is 2.38 bits per heavy atom. The SMILES string of the molecule is COc1cc2c(=O)oc(-c3ccccc3F)nc2c(OC)c1OC. The summed E-state index contributed by atoms with van der Waals surface area (Å²) in [5.41, 5.74) is -0.407. The third-order valence-corrected chi connectivity index (χ3v) is 3.53.